The van der Waals surface area contributed by atoms with Gasteiger partial charge in [0.15, 0.2) is 27.3 Å². The lowest BCUT2D eigenvalue weighted by Gasteiger charge is -2.42. The summed E-state index contributed by atoms with van der Waals surface area (Å²) in [7, 11) is -1.31. The fraction of sp³-hybridized carbons (Fsp3) is 0.682. The van der Waals surface area contributed by atoms with Gasteiger partial charge in [0.05, 0.1) is 10.5 Å². The number of nitrogens with one attached hydrogen (secondary N) is 1. The molecule has 0 unspecified atom stereocenters. The van der Waals surface area contributed by atoms with Crippen LogP contribution in [0, 0.1) is 0 Å². The van der Waals surface area contributed by atoms with E-state index in [2.05, 4.69) is 27.3 Å². The Hall–Kier alpha value is -1.96. The summed E-state index contributed by atoms with van der Waals surface area (Å²) in [6.07, 6.45) is 5.87. The van der Waals surface area contributed by atoms with Gasteiger partial charge in [0, 0.05) is 32.1 Å². The highest BCUT2D eigenvalue weighted by molar-refractivity contribution is 7.92. The highest BCUT2D eigenvalue weighted by atomic mass is 32.2. The van der Waals surface area contributed by atoms with Crippen molar-refractivity contribution < 1.29 is 17.9 Å². The second kappa shape index (κ2) is 7.94. The van der Waals surface area contributed by atoms with Gasteiger partial charge in [-0.05, 0) is 44.4 Å². The molecule has 1 saturated heterocycles. The Bertz CT molecular complexity index is 920. The summed E-state index contributed by atoms with van der Waals surface area (Å²) in [5.74, 6) is 2.58. The molecule has 7 nitrogen and oxygen atoms in total. The lowest BCUT2D eigenvalue weighted by atomic mass is 9.69. The van der Waals surface area contributed by atoms with Crippen LogP contribution in [0.4, 0.5) is 0 Å². The van der Waals surface area contributed by atoms with E-state index in [1.807, 2.05) is 6.07 Å². The normalized spacial score (nSPS) is 24.5. The smallest absolute Gasteiger partial charge is 0.231 e. The molecule has 0 aromatic heterocycles. The maximum Gasteiger partial charge on any atom is 0.231 e. The number of fused-ring (bicyclic) bond motifs is 1. The molecule has 2 aliphatic heterocycles. The van der Waals surface area contributed by atoms with Crippen molar-refractivity contribution in [2.24, 2.45) is 4.99 Å². The first kappa shape index (κ1) is 21.3. The van der Waals surface area contributed by atoms with E-state index in [4.69, 9.17) is 9.47 Å². The molecule has 1 N–H and O–H groups in total. The molecular formula is C22H33N3O4S. The Balaban J connectivity index is 1.53. The molecule has 4 rings (SSSR count). The van der Waals surface area contributed by atoms with Crippen LogP contribution in [0.2, 0.25) is 0 Å². The van der Waals surface area contributed by atoms with E-state index in [-0.39, 0.29) is 18.0 Å². The van der Waals surface area contributed by atoms with Crippen LogP contribution in [-0.2, 0) is 15.3 Å². The van der Waals surface area contributed by atoms with E-state index in [9.17, 15) is 8.42 Å². The van der Waals surface area contributed by atoms with Crippen LogP contribution in [0.3, 0.4) is 0 Å². The van der Waals surface area contributed by atoms with Gasteiger partial charge in [0.2, 0.25) is 6.79 Å². The van der Waals surface area contributed by atoms with E-state index in [1.165, 1.54) is 24.8 Å². The monoisotopic (exact) mass is 435 g/mol. The van der Waals surface area contributed by atoms with Crippen molar-refractivity contribution in [1.29, 1.82) is 0 Å². The molecule has 2 heterocycles. The predicted octanol–water partition coefficient (Wildman–Crippen LogP) is 2.70. The fourth-order valence-corrected chi connectivity index (χ4v) is 6.29. The van der Waals surface area contributed by atoms with Gasteiger partial charge in [0.1, 0.15) is 0 Å². The first-order chi connectivity index (χ1) is 14.3. The SMILES string of the molecule is CN=C(NCC1(c2ccc3c(c2)OCO3)CCCCC1)N1CCS(=O)(=O)C(C)(C)C1. The van der Waals surface area contributed by atoms with Gasteiger partial charge >= 0.3 is 0 Å². The molecule has 2 fully saturated rings. The van der Waals surface area contributed by atoms with Crippen LogP contribution in [0.1, 0.15) is 51.5 Å². The number of benzene rings is 1. The standard InChI is InChI=1S/C22H33N3O4S/c1-21(2)15-25(11-12-30(21,26)27)20(23-3)24-14-22(9-5-4-6-10-22)17-7-8-18-19(13-17)29-16-28-18/h7-8,13H,4-6,9-12,14-16H2,1-3H3,(H,23,24). The van der Waals surface area contributed by atoms with Crippen LogP contribution in [-0.4, -0.2) is 63.3 Å². The lowest BCUT2D eigenvalue weighted by Crippen LogP contribution is -2.58. The predicted molar refractivity (Wildman–Crippen MR) is 118 cm³/mol. The lowest BCUT2D eigenvalue weighted by molar-refractivity contribution is 0.173. The maximum atomic E-state index is 12.4. The molecule has 8 heteroatoms. The molecular weight excluding hydrogens is 402 g/mol. The Morgan fingerprint density at radius 1 is 1.17 bits per heavy atom. The second-order valence-electron chi connectivity index (χ2n) is 9.31. The largest absolute Gasteiger partial charge is 0.454 e. The van der Waals surface area contributed by atoms with Crippen molar-refractivity contribution in [3.05, 3.63) is 23.8 Å². The number of rotatable bonds is 3. The molecule has 1 aromatic rings. The van der Waals surface area contributed by atoms with Gasteiger partial charge in [0.25, 0.3) is 0 Å². The summed E-state index contributed by atoms with van der Waals surface area (Å²) in [6.45, 7) is 5.58. The zero-order valence-corrected chi connectivity index (χ0v) is 19.1. The maximum absolute atomic E-state index is 12.4. The molecule has 0 atom stereocenters. The number of guanidine groups is 1. The second-order valence-corrected chi connectivity index (χ2v) is 12.1. The summed E-state index contributed by atoms with van der Waals surface area (Å²) in [4.78, 5) is 6.56. The average Bonchev–Trinajstić information content (AvgIpc) is 3.19. The zero-order valence-electron chi connectivity index (χ0n) is 18.2. The van der Waals surface area contributed by atoms with Gasteiger partial charge < -0.3 is 19.7 Å². The van der Waals surface area contributed by atoms with Gasteiger partial charge in [-0.25, -0.2) is 8.42 Å². The molecule has 3 aliphatic rings. The molecule has 1 aromatic carbocycles. The zero-order chi connectivity index (χ0) is 21.4. The molecule has 0 amide bonds. The summed E-state index contributed by atoms with van der Waals surface area (Å²) >= 11 is 0. The van der Waals surface area contributed by atoms with Crippen molar-refractivity contribution in [1.82, 2.24) is 10.2 Å². The first-order valence-electron chi connectivity index (χ1n) is 10.8. The van der Waals surface area contributed by atoms with Gasteiger partial charge in [-0.3, -0.25) is 4.99 Å². The fourth-order valence-electron chi connectivity index (χ4n) is 4.93. The van der Waals surface area contributed by atoms with E-state index >= 15 is 0 Å². The third-order valence-electron chi connectivity index (χ3n) is 6.94. The molecule has 166 valence electrons. The number of hydrogen-bond donors (Lipinski definition) is 1. The highest BCUT2D eigenvalue weighted by Gasteiger charge is 2.42. The van der Waals surface area contributed by atoms with Crippen LogP contribution < -0.4 is 14.8 Å². The van der Waals surface area contributed by atoms with Crippen molar-refractivity contribution in [2.45, 2.75) is 56.1 Å². The number of ether oxygens (including phenoxy) is 2. The molecule has 0 radical (unpaired) electrons. The van der Waals surface area contributed by atoms with E-state index in [0.717, 1.165) is 36.8 Å². The van der Waals surface area contributed by atoms with Crippen molar-refractivity contribution >= 4 is 15.8 Å². The molecule has 0 bridgehead atoms. The summed E-state index contributed by atoms with van der Waals surface area (Å²) in [5, 5.41) is 3.59. The average molecular weight is 436 g/mol. The number of nitrogens with zero attached hydrogens (tertiary/aromatic N) is 2. The van der Waals surface area contributed by atoms with E-state index in [1.54, 1.807) is 20.9 Å². The molecule has 1 aliphatic carbocycles. The third kappa shape index (κ3) is 3.86. The Labute approximate surface area is 179 Å². The first-order valence-corrected chi connectivity index (χ1v) is 12.5. The number of hydrogen-bond acceptors (Lipinski definition) is 5. The van der Waals surface area contributed by atoms with Crippen LogP contribution >= 0.6 is 0 Å². The van der Waals surface area contributed by atoms with E-state index in [0.29, 0.717) is 13.1 Å². The van der Waals surface area contributed by atoms with Crippen molar-refractivity contribution in [3.8, 4) is 11.5 Å². The van der Waals surface area contributed by atoms with Crippen molar-refractivity contribution in [3.63, 3.8) is 0 Å². The summed E-state index contributed by atoms with van der Waals surface area (Å²) in [6, 6.07) is 6.31. The number of sulfone groups is 1. The van der Waals surface area contributed by atoms with Gasteiger partial charge in [-0.1, -0.05) is 25.3 Å². The minimum atomic E-state index is -3.08. The van der Waals surface area contributed by atoms with E-state index < -0.39 is 14.6 Å². The van der Waals surface area contributed by atoms with Crippen LogP contribution in [0.5, 0.6) is 11.5 Å². The Kier molecular flexibility index (Phi) is 5.64. The van der Waals surface area contributed by atoms with Crippen molar-refractivity contribution in [2.75, 3.05) is 39.2 Å². The number of aliphatic imine (C=N–C) groups is 1. The topological polar surface area (TPSA) is 80.2 Å². The Morgan fingerprint density at radius 2 is 1.90 bits per heavy atom. The highest BCUT2D eigenvalue weighted by Crippen LogP contribution is 2.43. The molecule has 30 heavy (non-hydrogen) atoms. The van der Waals surface area contributed by atoms with Crippen LogP contribution in [0.15, 0.2) is 23.2 Å². The molecule has 1 saturated carbocycles. The quantitative estimate of drug-likeness (QED) is 0.581. The van der Waals surface area contributed by atoms with Gasteiger partial charge in [-0.2, -0.15) is 0 Å². The van der Waals surface area contributed by atoms with Crippen LogP contribution in [0.25, 0.3) is 0 Å². The summed E-state index contributed by atoms with van der Waals surface area (Å²) in [5.41, 5.74) is 1.28. The Morgan fingerprint density at radius 3 is 2.60 bits per heavy atom. The minimum Gasteiger partial charge on any atom is -0.454 e. The summed E-state index contributed by atoms with van der Waals surface area (Å²) < 4.78 is 35.1. The minimum absolute atomic E-state index is 0.00650. The van der Waals surface area contributed by atoms with Gasteiger partial charge in [-0.15, -0.1) is 0 Å². The molecule has 0 spiro atoms. The third-order valence-corrected chi connectivity index (χ3v) is 9.47.